The zero-order chi connectivity index (χ0) is 10.1. The van der Waals surface area contributed by atoms with Gasteiger partial charge in [-0.25, -0.2) is 9.97 Å². The minimum atomic E-state index is -4.73. The molecule has 0 fully saturated rings. The Hall–Kier alpha value is -1.17. The number of alkyl halides is 3. The Morgan fingerprint density at radius 3 is 2.38 bits per heavy atom. The fraction of sp³-hybridized carbons (Fsp3) is 0.429. The number of rotatable bonds is 1. The van der Waals surface area contributed by atoms with Gasteiger partial charge in [0, 0.05) is 6.20 Å². The van der Waals surface area contributed by atoms with Crippen molar-refractivity contribution in [2.75, 3.05) is 0 Å². The van der Waals surface area contributed by atoms with Crippen molar-refractivity contribution >= 4 is 0 Å². The average Bonchev–Trinajstić information content (AvgIpc) is 2.04. The average molecular weight is 192 g/mol. The van der Waals surface area contributed by atoms with Crippen LogP contribution in [-0.2, 0) is 5.60 Å². The largest absolute Gasteiger partial charge is 0.422 e. The number of halogens is 3. The van der Waals surface area contributed by atoms with Crippen LogP contribution in [0.25, 0.3) is 0 Å². The highest BCUT2D eigenvalue weighted by atomic mass is 19.4. The molecule has 0 aliphatic carbocycles. The SMILES string of the molecule is CC(O)(c1ccncn1)C(F)(F)F. The van der Waals surface area contributed by atoms with Crippen LogP contribution in [0.2, 0.25) is 0 Å². The van der Waals surface area contributed by atoms with Crippen molar-refractivity contribution in [3.05, 3.63) is 24.3 Å². The lowest BCUT2D eigenvalue weighted by atomic mass is 10.0. The molecule has 1 rings (SSSR count). The summed E-state index contributed by atoms with van der Waals surface area (Å²) >= 11 is 0. The lowest BCUT2D eigenvalue weighted by Gasteiger charge is -2.24. The molecule has 1 atom stereocenters. The molecule has 13 heavy (non-hydrogen) atoms. The van der Waals surface area contributed by atoms with Gasteiger partial charge in [-0.05, 0) is 13.0 Å². The minimum absolute atomic E-state index is 0.463. The van der Waals surface area contributed by atoms with Gasteiger partial charge in [0.2, 0.25) is 0 Å². The van der Waals surface area contributed by atoms with Crippen molar-refractivity contribution in [1.82, 2.24) is 9.97 Å². The van der Waals surface area contributed by atoms with E-state index in [1.54, 1.807) is 0 Å². The molecule has 1 aromatic heterocycles. The zero-order valence-corrected chi connectivity index (χ0v) is 6.71. The van der Waals surface area contributed by atoms with E-state index in [1.165, 1.54) is 0 Å². The number of nitrogens with zero attached hydrogens (tertiary/aromatic N) is 2. The van der Waals surface area contributed by atoms with E-state index in [2.05, 4.69) is 9.97 Å². The molecule has 0 radical (unpaired) electrons. The predicted molar refractivity (Wildman–Crippen MR) is 37.7 cm³/mol. The molecular formula is C7H7F3N2O. The summed E-state index contributed by atoms with van der Waals surface area (Å²) in [5, 5.41) is 9.11. The van der Waals surface area contributed by atoms with Crippen LogP contribution in [0.5, 0.6) is 0 Å². The molecule has 0 bridgehead atoms. The van der Waals surface area contributed by atoms with Gasteiger partial charge in [-0.3, -0.25) is 0 Å². The third-order valence-electron chi connectivity index (χ3n) is 1.63. The Morgan fingerprint density at radius 1 is 1.38 bits per heavy atom. The lowest BCUT2D eigenvalue weighted by Crippen LogP contribution is -2.39. The summed E-state index contributed by atoms with van der Waals surface area (Å²) in [5.74, 6) is 0. The van der Waals surface area contributed by atoms with E-state index in [9.17, 15) is 13.2 Å². The third-order valence-corrected chi connectivity index (χ3v) is 1.63. The Balaban J connectivity index is 3.08. The smallest absolute Gasteiger partial charge is 0.375 e. The van der Waals surface area contributed by atoms with E-state index >= 15 is 0 Å². The van der Waals surface area contributed by atoms with Crippen LogP contribution in [0.15, 0.2) is 18.6 Å². The number of aromatic nitrogens is 2. The molecule has 0 amide bonds. The van der Waals surface area contributed by atoms with Crippen molar-refractivity contribution in [1.29, 1.82) is 0 Å². The van der Waals surface area contributed by atoms with Crippen LogP contribution < -0.4 is 0 Å². The maximum atomic E-state index is 12.2. The lowest BCUT2D eigenvalue weighted by molar-refractivity contribution is -0.260. The van der Waals surface area contributed by atoms with Crippen molar-refractivity contribution in [2.45, 2.75) is 18.7 Å². The quantitative estimate of drug-likeness (QED) is 0.728. The number of hydrogen-bond acceptors (Lipinski definition) is 3. The second-order valence-corrected chi connectivity index (χ2v) is 2.66. The number of aliphatic hydroxyl groups is 1. The van der Waals surface area contributed by atoms with Gasteiger partial charge in [0.25, 0.3) is 0 Å². The first-order valence-corrected chi connectivity index (χ1v) is 3.41. The minimum Gasteiger partial charge on any atom is -0.375 e. The van der Waals surface area contributed by atoms with Crippen molar-refractivity contribution in [3.63, 3.8) is 0 Å². The van der Waals surface area contributed by atoms with Crippen molar-refractivity contribution in [2.24, 2.45) is 0 Å². The summed E-state index contributed by atoms with van der Waals surface area (Å²) < 4.78 is 36.6. The van der Waals surface area contributed by atoms with Gasteiger partial charge in [0.1, 0.15) is 6.33 Å². The zero-order valence-electron chi connectivity index (χ0n) is 6.71. The maximum Gasteiger partial charge on any atom is 0.422 e. The van der Waals surface area contributed by atoms with Gasteiger partial charge < -0.3 is 5.11 Å². The molecule has 3 nitrogen and oxygen atoms in total. The van der Waals surface area contributed by atoms with Crippen molar-refractivity contribution in [3.8, 4) is 0 Å². The van der Waals surface area contributed by atoms with E-state index in [-0.39, 0.29) is 0 Å². The topological polar surface area (TPSA) is 46.0 Å². The Morgan fingerprint density at radius 2 is 2.00 bits per heavy atom. The van der Waals surface area contributed by atoms with Crippen LogP contribution >= 0.6 is 0 Å². The van der Waals surface area contributed by atoms with Gasteiger partial charge in [0.05, 0.1) is 5.69 Å². The fourth-order valence-corrected chi connectivity index (χ4v) is 0.724. The molecule has 6 heteroatoms. The second kappa shape index (κ2) is 2.95. The second-order valence-electron chi connectivity index (χ2n) is 2.66. The van der Waals surface area contributed by atoms with E-state index in [0.29, 0.717) is 6.92 Å². The molecule has 0 aliphatic rings. The molecule has 1 heterocycles. The number of hydrogen-bond donors (Lipinski definition) is 1. The summed E-state index contributed by atoms with van der Waals surface area (Å²) in [6, 6.07) is 1.02. The maximum absolute atomic E-state index is 12.2. The normalized spacial score (nSPS) is 16.7. The predicted octanol–water partition coefficient (Wildman–Crippen LogP) is 1.25. The van der Waals surface area contributed by atoms with E-state index in [4.69, 9.17) is 5.11 Å². The molecule has 0 aromatic carbocycles. The van der Waals surface area contributed by atoms with Gasteiger partial charge in [-0.2, -0.15) is 13.2 Å². The van der Waals surface area contributed by atoms with Crippen molar-refractivity contribution < 1.29 is 18.3 Å². The molecule has 1 aromatic rings. The highest BCUT2D eigenvalue weighted by molar-refractivity contribution is 5.11. The molecule has 0 saturated carbocycles. The Bertz CT molecular complexity index is 284. The first-order valence-electron chi connectivity index (χ1n) is 3.41. The molecule has 1 N–H and O–H groups in total. The molecule has 72 valence electrons. The highest BCUT2D eigenvalue weighted by Crippen LogP contribution is 2.36. The fourth-order valence-electron chi connectivity index (χ4n) is 0.724. The molecule has 0 aliphatic heterocycles. The summed E-state index contributed by atoms with van der Waals surface area (Å²) in [7, 11) is 0. The molecule has 1 unspecified atom stereocenters. The standard InChI is InChI=1S/C7H7F3N2O/c1-6(13,7(8,9)10)5-2-3-11-4-12-5/h2-4,13H,1H3. The van der Waals surface area contributed by atoms with Crippen LogP contribution in [0, 0.1) is 0 Å². The van der Waals surface area contributed by atoms with Gasteiger partial charge in [-0.15, -0.1) is 0 Å². The Kier molecular flexibility index (Phi) is 2.25. The summed E-state index contributed by atoms with van der Waals surface area (Å²) in [5.41, 5.74) is -3.38. The van der Waals surface area contributed by atoms with Crippen LogP contribution in [0.4, 0.5) is 13.2 Å². The van der Waals surface area contributed by atoms with E-state index in [1.807, 2.05) is 0 Å². The Labute approximate surface area is 72.3 Å². The van der Waals surface area contributed by atoms with E-state index in [0.717, 1.165) is 18.6 Å². The monoisotopic (exact) mass is 192 g/mol. The highest BCUT2D eigenvalue weighted by Gasteiger charge is 2.52. The first-order chi connectivity index (χ1) is 5.86. The summed E-state index contributed by atoms with van der Waals surface area (Å²) in [6.45, 7) is 0.648. The van der Waals surface area contributed by atoms with Gasteiger partial charge in [0.15, 0.2) is 5.60 Å². The van der Waals surface area contributed by atoms with Crippen LogP contribution in [0.3, 0.4) is 0 Å². The third kappa shape index (κ3) is 1.77. The van der Waals surface area contributed by atoms with E-state index < -0.39 is 17.5 Å². The van der Waals surface area contributed by atoms with Crippen LogP contribution in [0.1, 0.15) is 12.6 Å². The van der Waals surface area contributed by atoms with Crippen LogP contribution in [-0.4, -0.2) is 21.3 Å². The molecule has 0 spiro atoms. The summed E-state index contributed by atoms with van der Waals surface area (Å²) in [6.07, 6.45) is -2.64. The molecule has 0 saturated heterocycles. The molecular weight excluding hydrogens is 185 g/mol. The van der Waals surface area contributed by atoms with Gasteiger partial charge in [-0.1, -0.05) is 0 Å². The van der Waals surface area contributed by atoms with Gasteiger partial charge >= 0.3 is 6.18 Å². The summed E-state index contributed by atoms with van der Waals surface area (Å²) in [4.78, 5) is 6.79. The first kappa shape index (κ1) is 9.91.